The third-order valence-corrected chi connectivity index (χ3v) is 6.48. The highest BCUT2D eigenvalue weighted by molar-refractivity contribution is 5.82. The largest absolute Gasteiger partial charge is 0.460 e. The molecular weight excluding hydrogens is 432 g/mol. The molecule has 0 bridgehead atoms. The number of carbonyl (C=O) groups excluding carboxylic acids is 2. The molecule has 0 unspecified atom stereocenters. The number of ether oxygens (including phenoxy) is 2. The summed E-state index contributed by atoms with van der Waals surface area (Å²) < 4.78 is 39.1. The van der Waals surface area contributed by atoms with Gasteiger partial charge in [0.1, 0.15) is 11.7 Å². The molecule has 1 N–H and O–H groups in total. The summed E-state index contributed by atoms with van der Waals surface area (Å²) in [5, 5.41) is 11.6. The Balaban J connectivity index is 1.71. The quantitative estimate of drug-likeness (QED) is 0.629. The van der Waals surface area contributed by atoms with E-state index in [1.54, 1.807) is 49.9 Å². The van der Waals surface area contributed by atoms with Crippen LogP contribution < -0.4 is 0 Å². The van der Waals surface area contributed by atoms with Gasteiger partial charge in [0.2, 0.25) is 5.92 Å². The molecule has 2 aliphatic rings. The molecule has 2 atom stereocenters. The molecule has 0 aromatic heterocycles. The van der Waals surface area contributed by atoms with Crippen LogP contribution in [0.25, 0.3) is 0 Å². The van der Waals surface area contributed by atoms with Crippen LogP contribution in [0.1, 0.15) is 70.9 Å². The first-order valence-electron chi connectivity index (χ1n) is 11.7. The Morgan fingerprint density at radius 3 is 2.21 bits per heavy atom. The molecule has 1 saturated carbocycles. The van der Waals surface area contributed by atoms with E-state index in [4.69, 9.17) is 9.47 Å². The molecule has 0 radical (unpaired) electrons. The lowest BCUT2D eigenvalue weighted by atomic mass is 9.79. The second-order valence-electron chi connectivity index (χ2n) is 10.2. The average Bonchev–Trinajstić information content (AvgIpc) is 3.12. The number of nitrogens with zero attached hydrogens (tertiary/aromatic N) is 1. The number of benzene rings is 1. The van der Waals surface area contributed by atoms with Crippen LogP contribution in [0.3, 0.4) is 0 Å². The lowest BCUT2D eigenvalue weighted by Crippen LogP contribution is -2.48. The number of halogens is 2. The molecule has 1 aromatic carbocycles. The van der Waals surface area contributed by atoms with Crippen LogP contribution in [0, 0.1) is 5.92 Å². The number of hydrogen-bond acceptors (Lipinski definition) is 5. The van der Waals surface area contributed by atoms with E-state index in [1.807, 2.05) is 6.92 Å². The standard InChI is InChI=1S/C25H35F2NO5/c1-5-17-6-8-18(9-7-17)25(31,19-10-13-24(26,27)16-19)21(29)32-20-11-14-28(15-12-20)22(30)33-23(2,3)4/h6-9,19-20,31H,5,10-16H2,1-4H3/t19-,25+/m1/s1. The molecule has 1 aliphatic heterocycles. The predicted octanol–water partition coefficient (Wildman–Crippen LogP) is 4.81. The summed E-state index contributed by atoms with van der Waals surface area (Å²) in [6, 6.07) is 6.84. The summed E-state index contributed by atoms with van der Waals surface area (Å²) in [6.45, 7) is 8.05. The Kier molecular flexibility index (Phi) is 7.36. The highest BCUT2D eigenvalue weighted by Crippen LogP contribution is 2.48. The third kappa shape index (κ3) is 6.02. The van der Waals surface area contributed by atoms with Crippen molar-refractivity contribution in [1.82, 2.24) is 4.90 Å². The molecule has 1 aliphatic carbocycles. The van der Waals surface area contributed by atoms with E-state index < -0.39 is 47.6 Å². The van der Waals surface area contributed by atoms with Gasteiger partial charge in [-0.15, -0.1) is 0 Å². The van der Waals surface area contributed by atoms with Crippen molar-refractivity contribution < 1.29 is 33.0 Å². The Morgan fingerprint density at radius 1 is 1.12 bits per heavy atom. The van der Waals surface area contributed by atoms with E-state index in [0.717, 1.165) is 12.0 Å². The number of alkyl halides is 2. The summed E-state index contributed by atoms with van der Waals surface area (Å²) >= 11 is 0. The maximum atomic E-state index is 14.0. The van der Waals surface area contributed by atoms with Gasteiger partial charge in [0, 0.05) is 44.7 Å². The van der Waals surface area contributed by atoms with Gasteiger partial charge in [0.15, 0.2) is 5.60 Å². The van der Waals surface area contributed by atoms with Crippen molar-refractivity contribution in [3.63, 3.8) is 0 Å². The van der Waals surface area contributed by atoms with E-state index in [9.17, 15) is 23.5 Å². The van der Waals surface area contributed by atoms with E-state index in [2.05, 4.69) is 0 Å². The fourth-order valence-electron chi connectivity index (χ4n) is 4.55. The number of likely N-dealkylation sites (tertiary alicyclic amines) is 1. The van der Waals surface area contributed by atoms with Crippen LogP contribution in [-0.4, -0.2) is 52.8 Å². The zero-order valence-electron chi connectivity index (χ0n) is 19.9. The SMILES string of the molecule is CCc1ccc([C@@](O)(C(=O)OC2CCN(C(=O)OC(C)(C)C)CC2)[C@@H]2CCC(F)(F)C2)cc1. The minimum atomic E-state index is -2.92. The smallest absolute Gasteiger partial charge is 0.410 e. The topological polar surface area (TPSA) is 76.1 Å². The van der Waals surface area contributed by atoms with Crippen LogP contribution in [-0.2, 0) is 26.3 Å². The van der Waals surface area contributed by atoms with Crippen molar-refractivity contribution >= 4 is 12.1 Å². The van der Waals surface area contributed by atoms with Gasteiger partial charge in [-0.2, -0.15) is 0 Å². The first-order valence-corrected chi connectivity index (χ1v) is 11.7. The van der Waals surface area contributed by atoms with Gasteiger partial charge in [-0.3, -0.25) is 0 Å². The first kappa shape index (κ1) is 25.4. The van der Waals surface area contributed by atoms with Crippen molar-refractivity contribution in [1.29, 1.82) is 0 Å². The number of rotatable bonds is 5. The van der Waals surface area contributed by atoms with Gasteiger partial charge in [-0.25, -0.2) is 18.4 Å². The molecule has 3 rings (SSSR count). The lowest BCUT2D eigenvalue weighted by Gasteiger charge is -2.36. The van der Waals surface area contributed by atoms with Crippen molar-refractivity contribution in [2.75, 3.05) is 13.1 Å². The minimum Gasteiger partial charge on any atom is -0.460 e. The van der Waals surface area contributed by atoms with Crippen LogP contribution in [0.4, 0.5) is 13.6 Å². The Labute approximate surface area is 194 Å². The van der Waals surface area contributed by atoms with Crippen LogP contribution in [0.5, 0.6) is 0 Å². The van der Waals surface area contributed by atoms with Crippen molar-refractivity contribution in [2.24, 2.45) is 5.92 Å². The Bertz CT molecular complexity index is 843. The summed E-state index contributed by atoms with van der Waals surface area (Å²) in [5.41, 5.74) is -1.46. The Morgan fingerprint density at radius 2 is 1.73 bits per heavy atom. The molecule has 8 heteroatoms. The summed E-state index contributed by atoms with van der Waals surface area (Å²) in [7, 11) is 0. The van der Waals surface area contributed by atoms with Crippen molar-refractivity contribution in [3.05, 3.63) is 35.4 Å². The number of esters is 1. The maximum Gasteiger partial charge on any atom is 0.410 e. The van der Waals surface area contributed by atoms with Crippen LogP contribution in [0.15, 0.2) is 24.3 Å². The predicted molar refractivity (Wildman–Crippen MR) is 119 cm³/mol. The zero-order valence-corrected chi connectivity index (χ0v) is 19.9. The second kappa shape index (κ2) is 9.57. The van der Waals surface area contributed by atoms with Gasteiger partial charge in [0.05, 0.1) is 0 Å². The number of aliphatic hydroxyl groups is 1. The fraction of sp³-hybridized carbons (Fsp3) is 0.680. The monoisotopic (exact) mass is 467 g/mol. The lowest BCUT2D eigenvalue weighted by molar-refractivity contribution is -0.182. The second-order valence-corrected chi connectivity index (χ2v) is 10.2. The van der Waals surface area contributed by atoms with E-state index in [0.29, 0.717) is 25.9 Å². The number of carbonyl (C=O) groups is 2. The average molecular weight is 468 g/mol. The maximum absolute atomic E-state index is 14.0. The highest BCUT2D eigenvalue weighted by Gasteiger charge is 2.55. The van der Waals surface area contributed by atoms with E-state index in [-0.39, 0.29) is 18.4 Å². The molecule has 33 heavy (non-hydrogen) atoms. The van der Waals surface area contributed by atoms with Crippen molar-refractivity contribution in [3.8, 4) is 0 Å². The van der Waals surface area contributed by atoms with Crippen LogP contribution >= 0.6 is 0 Å². The van der Waals surface area contributed by atoms with E-state index >= 15 is 0 Å². The van der Waals surface area contributed by atoms with Gasteiger partial charge < -0.3 is 19.5 Å². The van der Waals surface area contributed by atoms with E-state index in [1.165, 1.54) is 0 Å². The summed E-state index contributed by atoms with van der Waals surface area (Å²) in [4.78, 5) is 27.1. The molecule has 1 aromatic rings. The van der Waals surface area contributed by atoms with Gasteiger partial charge in [-0.1, -0.05) is 31.2 Å². The van der Waals surface area contributed by atoms with Gasteiger partial charge >= 0.3 is 12.1 Å². The van der Waals surface area contributed by atoms with Crippen LogP contribution in [0.2, 0.25) is 0 Å². The summed E-state index contributed by atoms with van der Waals surface area (Å²) in [5.74, 6) is -4.75. The number of amides is 1. The third-order valence-electron chi connectivity index (χ3n) is 6.48. The number of aryl methyl sites for hydroxylation is 1. The minimum absolute atomic E-state index is 0.0330. The fourth-order valence-corrected chi connectivity index (χ4v) is 4.55. The molecule has 1 heterocycles. The van der Waals surface area contributed by atoms with Crippen molar-refractivity contribution in [2.45, 2.75) is 89.4 Å². The molecule has 1 amide bonds. The normalized spacial score (nSPS) is 23.1. The first-order chi connectivity index (χ1) is 15.3. The molecule has 2 fully saturated rings. The van der Waals surface area contributed by atoms with Gasteiger partial charge in [0.25, 0.3) is 0 Å². The molecule has 184 valence electrons. The highest BCUT2D eigenvalue weighted by atomic mass is 19.3. The van der Waals surface area contributed by atoms with Gasteiger partial charge in [-0.05, 0) is 44.7 Å². The number of piperidine rings is 1. The summed E-state index contributed by atoms with van der Waals surface area (Å²) in [6.07, 6.45) is -0.285. The molecule has 1 saturated heterocycles. The molecule has 6 nitrogen and oxygen atoms in total. The Hall–Kier alpha value is -2.22. The zero-order chi connectivity index (χ0) is 24.4. The molecule has 0 spiro atoms. The molecular formula is C25H35F2NO5. The number of hydrogen-bond donors (Lipinski definition) is 1.